The number of rotatable bonds is 8. The largest absolute Gasteiger partial charge is 0.450 e. The fraction of sp³-hybridized carbons (Fsp3) is 0.115. The van der Waals surface area contributed by atoms with Crippen molar-refractivity contribution in [3.8, 4) is 0 Å². The summed E-state index contributed by atoms with van der Waals surface area (Å²) in [4.78, 5) is 37.9. The van der Waals surface area contributed by atoms with Gasteiger partial charge in [0.15, 0.2) is 12.4 Å². The fourth-order valence-electron chi connectivity index (χ4n) is 3.47. The SMILES string of the molecule is COCc1c(C(=O)OCC(=O)Nc2ccccc2C(=O)c2ccccc2)oc2ccccc12. The van der Waals surface area contributed by atoms with Crippen LogP contribution in [0, 0.1) is 0 Å². The first kappa shape index (κ1) is 22.0. The van der Waals surface area contributed by atoms with E-state index in [1.165, 1.54) is 7.11 Å². The van der Waals surface area contributed by atoms with Crippen LogP contribution in [0.15, 0.2) is 83.3 Å². The highest BCUT2D eigenvalue weighted by Gasteiger charge is 2.23. The van der Waals surface area contributed by atoms with Gasteiger partial charge >= 0.3 is 5.97 Å². The number of para-hydroxylation sites is 2. The van der Waals surface area contributed by atoms with Crippen molar-refractivity contribution in [3.63, 3.8) is 0 Å². The normalized spacial score (nSPS) is 10.7. The van der Waals surface area contributed by atoms with E-state index in [2.05, 4.69) is 5.32 Å². The van der Waals surface area contributed by atoms with Crippen molar-refractivity contribution >= 4 is 34.3 Å². The molecule has 1 heterocycles. The Hall–Kier alpha value is -4.23. The number of anilines is 1. The summed E-state index contributed by atoms with van der Waals surface area (Å²) in [5, 5.41) is 3.38. The van der Waals surface area contributed by atoms with Crippen molar-refractivity contribution < 1.29 is 28.3 Å². The van der Waals surface area contributed by atoms with Gasteiger partial charge in [0.05, 0.1) is 12.3 Å². The highest BCUT2D eigenvalue weighted by atomic mass is 16.5. The van der Waals surface area contributed by atoms with E-state index in [4.69, 9.17) is 13.9 Å². The molecule has 0 saturated carbocycles. The lowest BCUT2D eigenvalue weighted by Crippen LogP contribution is -2.22. The van der Waals surface area contributed by atoms with E-state index < -0.39 is 18.5 Å². The van der Waals surface area contributed by atoms with Crippen molar-refractivity contribution in [3.05, 3.63) is 101 Å². The number of furan rings is 1. The first-order chi connectivity index (χ1) is 16.1. The van der Waals surface area contributed by atoms with Crippen LogP contribution in [0.1, 0.15) is 32.0 Å². The minimum atomic E-state index is -0.776. The first-order valence-corrected chi connectivity index (χ1v) is 10.2. The lowest BCUT2D eigenvalue weighted by molar-refractivity contribution is -0.119. The molecule has 0 spiro atoms. The van der Waals surface area contributed by atoms with E-state index in [0.29, 0.717) is 28.0 Å². The van der Waals surface area contributed by atoms with E-state index in [1.54, 1.807) is 60.7 Å². The van der Waals surface area contributed by atoms with Gasteiger partial charge in [0.2, 0.25) is 5.76 Å². The number of ether oxygens (including phenoxy) is 2. The van der Waals surface area contributed by atoms with Gasteiger partial charge in [0.25, 0.3) is 5.91 Å². The Bertz CT molecular complexity index is 1310. The molecular formula is C26H21NO6. The van der Waals surface area contributed by atoms with E-state index in [0.717, 1.165) is 5.39 Å². The number of benzene rings is 3. The molecule has 7 heteroatoms. The summed E-state index contributed by atoms with van der Waals surface area (Å²) in [6.07, 6.45) is 0. The van der Waals surface area contributed by atoms with Gasteiger partial charge < -0.3 is 19.2 Å². The van der Waals surface area contributed by atoms with Gasteiger partial charge in [0, 0.05) is 29.2 Å². The van der Waals surface area contributed by atoms with Gasteiger partial charge in [-0.15, -0.1) is 0 Å². The summed E-state index contributed by atoms with van der Waals surface area (Å²) in [7, 11) is 1.51. The Labute approximate surface area is 189 Å². The van der Waals surface area contributed by atoms with Crippen LogP contribution in [0.4, 0.5) is 5.69 Å². The highest BCUT2D eigenvalue weighted by molar-refractivity contribution is 6.14. The zero-order valence-electron chi connectivity index (χ0n) is 17.9. The van der Waals surface area contributed by atoms with E-state index in [-0.39, 0.29) is 18.2 Å². The van der Waals surface area contributed by atoms with Crippen molar-refractivity contribution in [1.29, 1.82) is 0 Å². The van der Waals surface area contributed by atoms with Crippen LogP contribution in [-0.2, 0) is 20.9 Å². The molecule has 7 nitrogen and oxygen atoms in total. The molecule has 0 unspecified atom stereocenters. The molecule has 0 aliphatic heterocycles. The van der Waals surface area contributed by atoms with Gasteiger partial charge in [-0.05, 0) is 18.2 Å². The average Bonchev–Trinajstić information content (AvgIpc) is 3.22. The molecule has 1 amide bonds. The molecule has 1 N–H and O–H groups in total. The van der Waals surface area contributed by atoms with Crippen molar-refractivity contribution in [2.45, 2.75) is 6.61 Å². The summed E-state index contributed by atoms with van der Waals surface area (Å²) in [6, 6.07) is 22.6. The van der Waals surface area contributed by atoms with E-state index >= 15 is 0 Å². The van der Waals surface area contributed by atoms with Crippen LogP contribution in [0.2, 0.25) is 0 Å². The molecule has 0 atom stereocenters. The summed E-state index contributed by atoms with van der Waals surface area (Å²) < 4.78 is 16.0. The zero-order chi connectivity index (χ0) is 23.2. The minimum Gasteiger partial charge on any atom is -0.450 e. The maximum Gasteiger partial charge on any atom is 0.375 e. The minimum absolute atomic E-state index is 0.00879. The average molecular weight is 443 g/mol. The van der Waals surface area contributed by atoms with Crippen LogP contribution < -0.4 is 5.32 Å². The molecule has 0 aliphatic rings. The summed E-state index contributed by atoms with van der Waals surface area (Å²) in [5.41, 5.74) is 2.24. The van der Waals surface area contributed by atoms with Gasteiger partial charge in [0.1, 0.15) is 5.58 Å². The van der Waals surface area contributed by atoms with Gasteiger partial charge in [-0.3, -0.25) is 9.59 Å². The Morgan fingerprint density at radius 1 is 0.879 bits per heavy atom. The third-order valence-corrected chi connectivity index (χ3v) is 4.99. The van der Waals surface area contributed by atoms with Crippen molar-refractivity contribution in [2.24, 2.45) is 0 Å². The molecule has 0 aliphatic carbocycles. The molecule has 0 saturated heterocycles. The fourth-order valence-corrected chi connectivity index (χ4v) is 3.47. The standard InChI is InChI=1S/C26H21NO6/c1-31-15-20-18-11-6-8-14-22(18)33-25(20)26(30)32-16-23(28)27-21-13-7-5-12-19(21)24(29)17-9-3-2-4-10-17/h2-14H,15-16H2,1H3,(H,27,28). The number of esters is 1. The van der Waals surface area contributed by atoms with Gasteiger partial charge in [-0.1, -0.05) is 60.7 Å². The predicted octanol–water partition coefficient (Wildman–Crippen LogP) is 4.61. The molecule has 0 bridgehead atoms. The summed E-state index contributed by atoms with van der Waals surface area (Å²) >= 11 is 0. The second-order valence-corrected chi connectivity index (χ2v) is 7.20. The number of hydrogen-bond acceptors (Lipinski definition) is 6. The maximum absolute atomic E-state index is 12.8. The van der Waals surface area contributed by atoms with Crippen LogP contribution >= 0.6 is 0 Å². The zero-order valence-corrected chi connectivity index (χ0v) is 17.9. The number of carbonyl (C=O) groups is 3. The Balaban J connectivity index is 1.46. The number of carbonyl (C=O) groups excluding carboxylic acids is 3. The number of nitrogens with one attached hydrogen (secondary N) is 1. The van der Waals surface area contributed by atoms with Crippen molar-refractivity contribution in [2.75, 3.05) is 19.0 Å². The molecule has 0 radical (unpaired) electrons. The Kier molecular flexibility index (Phi) is 6.61. The highest BCUT2D eigenvalue weighted by Crippen LogP contribution is 2.27. The number of fused-ring (bicyclic) bond motifs is 1. The predicted molar refractivity (Wildman–Crippen MR) is 122 cm³/mol. The van der Waals surface area contributed by atoms with Crippen LogP contribution in [-0.4, -0.2) is 31.4 Å². The molecule has 3 aromatic carbocycles. The molecule has 4 aromatic rings. The topological polar surface area (TPSA) is 94.8 Å². The third kappa shape index (κ3) is 4.83. The Morgan fingerprint density at radius 3 is 2.36 bits per heavy atom. The summed E-state index contributed by atoms with van der Waals surface area (Å²) in [5.74, 6) is -1.59. The lowest BCUT2D eigenvalue weighted by Gasteiger charge is -2.11. The number of methoxy groups -OCH3 is 1. The van der Waals surface area contributed by atoms with Crippen molar-refractivity contribution in [1.82, 2.24) is 0 Å². The first-order valence-electron chi connectivity index (χ1n) is 10.2. The van der Waals surface area contributed by atoms with Crippen LogP contribution in [0.3, 0.4) is 0 Å². The monoisotopic (exact) mass is 443 g/mol. The number of ketones is 1. The summed E-state index contributed by atoms with van der Waals surface area (Å²) in [6.45, 7) is -0.390. The second-order valence-electron chi connectivity index (χ2n) is 7.20. The Morgan fingerprint density at radius 2 is 1.58 bits per heavy atom. The molecule has 4 rings (SSSR count). The molecular weight excluding hydrogens is 422 g/mol. The van der Waals surface area contributed by atoms with Crippen LogP contribution in [0.5, 0.6) is 0 Å². The van der Waals surface area contributed by atoms with E-state index in [1.807, 2.05) is 18.2 Å². The molecule has 166 valence electrons. The number of amides is 1. The molecule has 1 aromatic heterocycles. The quantitative estimate of drug-likeness (QED) is 0.316. The second kappa shape index (κ2) is 9.93. The lowest BCUT2D eigenvalue weighted by atomic mass is 10.0. The smallest absolute Gasteiger partial charge is 0.375 e. The number of hydrogen-bond donors (Lipinski definition) is 1. The third-order valence-electron chi connectivity index (χ3n) is 4.99. The molecule has 33 heavy (non-hydrogen) atoms. The van der Waals surface area contributed by atoms with Gasteiger partial charge in [-0.2, -0.15) is 0 Å². The van der Waals surface area contributed by atoms with E-state index in [9.17, 15) is 14.4 Å². The van der Waals surface area contributed by atoms with Crippen LogP contribution in [0.25, 0.3) is 11.0 Å². The maximum atomic E-state index is 12.8. The van der Waals surface area contributed by atoms with Gasteiger partial charge in [-0.25, -0.2) is 4.79 Å². The molecule has 0 fully saturated rings.